The van der Waals surface area contributed by atoms with E-state index in [4.69, 9.17) is 4.42 Å². The predicted molar refractivity (Wildman–Crippen MR) is 259 cm³/mol. The molecular weight excluding hydrogens is 922 g/mol. The molecule has 0 saturated carbocycles. The molecule has 6 amide bonds. The highest BCUT2D eigenvalue weighted by Gasteiger charge is 2.52. The summed E-state index contributed by atoms with van der Waals surface area (Å²) in [6.07, 6.45) is -1.39. The molecule has 2 aromatic heterocycles. The summed E-state index contributed by atoms with van der Waals surface area (Å²) in [4.78, 5) is 87.7. The van der Waals surface area contributed by atoms with Crippen molar-refractivity contribution in [2.45, 2.75) is 135 Å². The van der Waals surface area contributed by atoms with Crippen molar-refractivity contribution in [3.8, 4) is 0 Å². The van der Waals surface area contributed by atoms with Crippen LogP contribution in [0.25, 0.3) is 0 Å². The molecule has 6 atom stereocenters. The number of furan rings is 1. The largest absolute Gasteiger partial charge is 0.454 e. The van der Waals surface area contributed by atoms with E-state index in [2.05, 4.69) is 28.1 Å². The van der Waals surface area contributed by atoms with E-state index in [0.717, 1.165) is 50.8 Å². The van der Waals surface area contributed by atoms with Crippen LogP contribution in [0, 0.1) is 30.6 Å². The Hall–Kier alpha value is -5.97. The van der Waals surface area contributed by atoms with Gasteiger partial charge >= 0.3 is 6.18 Å². The Labute approximate surface area is 411 Å². The van der Waals surface area contributed by atoms with Gasteiger partial charge in [0.25, 0.3) is 5.91 Å². The van der Waals surface area contributed by atoms with Crippen molar-refractivity contribution in [3.05, 3.63) is 116 Å². The van der Waals surface area contributed by atoms with Crippen LogP contribution in [0.15, 0.2) is 77.2 Å². The molecular formula is C53H65F3N6O7S. The van der Waals surface area contributed by atoms with E-state index in [1.54, 1.807) is 4.90 Å². The van der Waals surface area contributed by atoms with Gasteiger partial charge in [0, 0.05) is 29.9 Å². The van der Waals surface area contributed by atoms with E-state index < -0.39 is 65.9 Å². The van der Waals surface area contributed by atoms with Gasteiger partial charge in [-0.3, -0.25) is 28.8 Å². The number of carbonyl (C=O) groups is 6. The highest BCUT2D eigenvalue weighted by molar-refractivity contribution is 7.12. The average molecular weight is 987 g/mol. The zero-order chi connectivity index (χ0) is 50.9. The van der Waals surface area contributed by atoms with Crippen molar-refractivity contribution >= 4 is 46.8 Å². The third-order valence-electron chi connectivity index (χ3n) is 13.5. The Morgan fingerprint density at radius 2 is 1.14 bits per heavy atom. The van der Waals surface area contributed by atoms with E-state index in [1.807, 2.05) is 97.0 Å². The summed E-state index contributed by atoms with van der Waals surface area (Å²) in [5.41, 5.74) is 4.63. The molecule has 2 fully saturated rings. The number of hydrogen-bond acceptors (Lipinski definition) is 8. The summed E-state index contributed by atoms with van der Waals surface area (Å²) in [5.74, 6) is -3.82. The molecule has 70 heavy (non-hydrogen) atoms. The summed E-state index contributed by atoms with van der Waals surface area (Å²) < 4.78 is 45.0. The molecule has 0 spiro atoms. The number of benzene rings is 2. The summed E-state index contributed by atoms with van der Waals surface area (Å²) in [5, 5.41) is 8.93. The maximum atomic E-state index is 14.1. The van der Waals surface area contributed by atoms with Crippen LogP contribution >= 0.6 is 11.3 Å². The molecule has 2 saturated heterocycles. The Morgan fingerprint density at radius 1 is 0.700 bits per heavy atom. The topological polar surface area (TPSA) is 161 Å². The van der Waals surface area contributed by atoms with Crippen molar-refractivity contribution in [2.75, 3.05) is 14.1 Å². The van der Waals surface area contributed by atoms with E-state index in [-0.39, 0.29) is 59.6 Å². The molecule has 4 heterocycles. The van der Waals surface area contributed by atoms with Crippen molar-refractivity contribution in [3.63, 3.8) is 0 Å². The van der Waals surface area contributed by atoms with Gasteiger partial charge < -0.3 is 35.1 Å². The first-order valence-electron chi connectivity index (χ1n) is 24.2. The molecule has 376 valence electrons. The number of fused-ring (bicyclic) bond motifs is 2. The highest BCUT2D eigenvalue weighted by Crippen LogP contribution is 2.40. The van der Waals surface area contributed by atoms with Gasteiger partial charge in [-0.25, -0.2) is 0 Å². The summed E-state index contributed by atoms with van der Waals surface area (Å²) >= 11 is 1.51. The zero-order valence-electron chi connectivity index (χ0n) is 41.3. The van der Waals surface area contributed by atoms with Crippen LogP contribution in [-0.2, 0) is 60.6 Å². The smallest absolute Gasteiger partial charge is 0.449 e. The van der Waals surface area contributed by atoms with Gasteiger partial charge in [0.05, 0.1) is 0 Å². The van der Waals surface area contributed by atoms with Crippen LogP contribution in [0.5, 0.6) is 0 Å². The molecule has 0 bridgehead atoms. The minimum absolute atomic E-state index is 0.0183. The monoisotopic (exact) mass is 986 g/mol. The van der Waals surface area contributed by atoms with Crippen LogP contribution < -0.4 is 16.0 Å². The first kappa shape index (κ1) is 51.9. The van der Waals surface area contributed by atoms with Crippen LogP contribution in [0.1, 0.15) is 110 Å². The number of halogens is 3. The number of piperazine rings is 2. The second-order valence-corrected chi connectivity index (χ2v) is 21.8. The van der Waals surface area contributed by atoms with Gasteiger partial charge in [-0.1, -0.05) is 76.2 Å². The van der Waals surface area contributed by atoms with Crippen molar-refractivity contribution < 1.29 is 46.4 Å². The molecule has 8 rings (SSSR count). The molecule has 17 heteroatoms. The van der Waals surface area contributed by atoms with Gasteiger partial charge in [0.15, 0.2) is 6.04 Å². The van der Waals surface area contributed by atoms with Crippen LogP contribution in [0.3, 0.4) is 0 Å². The lowest BCUT2D eigenvalue weighted by molar-refractivity contribution is -0.162. The highest BCUT2D eigenvalue weighted by atomic mass is 32.1. The van der Waals surface area contributed by atoms with Gasteiger partial charge in [0.1, 0.15) is 36.0 Å². The Morgan fingerprint density at radius 3 is 1.50 bits per heavy atom. The third-order valence-corrected chi connectivity index (χ3v) is 14.6. The van der Waals surface area contributed by atoms with Crippen LogP contribution in [0.4, 0.5) is 13.2 Å². The van der Waals surface area contributed by atoms with Gasteiger partial charge in [0.2, 0.25) is 35.3 Å². The van der Waals surface area contributed by atoms with E-state index in [1.165, 1.54) is 41.5 Å². The summed E-state index contributed by atoms with van der Waals surface area (Å²) in [6.45, 7) is 13.6. The molecule has 2 aromatic carbocycles. The Bertz CT molecular complexity index is 2540. The fourth-order valence-electron chi connectivity index (χ4n) is 10.4. The second-order valence-electron chi connectivity index (χ2n) is 20.5. The molecule has 2 aliphatic carbocycles. The molecule has 3 N–H and O–H groups in total. The summed E-state index contributed by atoms with van der Waals surface area (Å²) in [6, 6.07) is 16.0. The number of carbonyl (C=O) groups excluding carboxylic acids is 6. The standard InChI is InChI=1S/C27H35N3O3S.C26H30F3N3O4/c1-15(2)12-21-25(31)29-23(20-13-18-8-6-7-9-19(18)14-20)27(33)30(21)24(26(32)28-16(3)4)22-11-10-17(5)34-22;1-14(2)11-18-23(33)30-21(17-12-15-7-5-6-8-16(15)13-17)24(34)32(18)22(25(35)31(3)4)19-9-10-20(36-19)26(27,28)29/h6-11,15-16,20-21,23-24H,12-14H2,1-5H3,(H,28,32)(H,29,31);5-10,14,17-18,21-22H,11-13H2,1-4H3,(H,30,33)/t21-,23-,24+;18-,21-,22?/m11/s1. The summed E-state index contributed by atoms with van der Waals surface area (Å²) in [7, 11) is 2.89. The maximum Gasteiger partial charge on any atom is 0.449 e. The van der Waals surface area contributed by atoms with Gasteiger partial charge in [-0.2, -0.15) is 13.2 Å². The van der Waals surface area contributed by atoms with E-state index in [9.17, 15) is 41.9 Å². The average Bonchev–Trinajstić information content (AvgIpc) is 4.12. The number of likely N-dealkylation sites (N-methyl/N-ethyl adjacent to an activating group) is 1. The quantitative estimate of drug-likeness (QED) is 0.126. The van der Waals surface area contributed by atoms with E-state index in [0.29, 0.717) is 19.3 Å². The number of nitrogens with one attached hydrogen (secondary N) is 3. The lowest BCUT2D eigenvalue weighted by Crippen LogP contribution is -2.67. The predicted octanol–water partition coefficient (Wildman–Crippen LogP) is 7.36. The number of nitrogens with zero attached hydrogens (tertiary/aromatic N) is 3. The van der Waals surface area contributed by atoms with Crippen LogP contribution in [0.2, 0.25) is 0 Å². The minimum Gasteiger partial charge on any atom is -0.454 e. The lowest BCUT2D eigenvalue weighted by Gasteiger charge is -2.44. The van der Waals surface area contributed by atoms with E-state index >= 15 is 0 Å². The molecule has 4 aromatic rings. The minimum atomic E-state index is -4.76. The number of alkyl halides is 3. The fourth-order valence-corrected chi connectivity index (χ4v) is 11.4. The first-order valence-corrected chi connectivity index (χ1v) is 25.0. The molecule has 0 radical (unpaired) electrons. The number of aryl methyl sites for hydroxylation is 1. The zero-order valence-corrected chi connectivity index (χ0v) is 42.1. The number of thiophene rings is 1. The second kappa shape index (κ2) is 21.2. The van der Waals surface area contributed by atoms with Gasteiger partial charge in [-0.05, 0) is 129 Å². The molecule has 4 aliphatic rings. The van der Waals surface area contributed by atoms with Crippen LogP contribution in [-0.4, -0.2) is 94.4 Å². The molecule has 1 unspecified atom stereocenters. The maximum absolute atomic E-state index is 14.1. The Kier molecular flexibility index (Phi) is 15.7. The van der Waals surface area contributed by atoms with Crippen molar-refractivity contribution in [1.82, 2.24) is 30.7 Å². The van der Waals surface area contributed by atoms with Gasteiger partial charge in [-0.15, -0.1) is 11.3 Å². The van der Waals surface area contributed by atoms with Crippen molar-refractivity contribution in [1.29, 1.82) is 0 Å². The number of amides is 6. The normalized spacial score (nSPS) is 21.6. The third kappa shape index (κ3) is 11.1. The first-order chi connectivity index (χ1) is 33.0. The number of hydrogen-bond donors (Lipinski definition) is 3. The SMILES string of the molecule is CC(C)C[C@@H]1C(=O)N[C@H](C2Cc3ccccc3C2)C(=O)N1C(C(=O)N(C)C)c1ccc(C(F)(F)F)o1.Cc1ccc([C@@H](C(=O)NC(C)C)N2C(=O)[C@@H](C3Cc4ccccc4C3)NC(=O)[C@H]2CC(C)C)s1. The lowest BCUT2D eigenvalue weighted by atomic mass is 9.88. The molecule has 2 aliphatic heterocycles. The Balaban J connectivity index is 0.000000207. The number of rotatable bonds is 13. The van der Waals surface area contributed by atoms with Crippen molar-refractivity contribution in [2.24, 2.45) is 23.7 Å². The fraction of sp³-hybridized carbons (Fsp3) is 0.509. The molecule has 13 nitrogen and oxygen atoms in total.